The largest absolute Gasteiger partial charge is 0.310 e. The maximum atomic E-state index is 2.36. The van der Waals surface area contributed by atoms with Crippen molar-refractivity contribution in [2.45, 2.75) is 6.82 Å². The summed E-state index contributed by atoms with van der Waals surface area (Å²) in [6, 6.07) is 47.6. The van der Waals surface area contributed by atoms with Crippen molar-refractivity contribution in [2.24, 2.45) is 0 Å². The van der Waals surface area contributed by atoms with Crippen LogP contribution in [0.3, 0.4) is 0 Å². The van der Waals surface area contributed by atoms with Gasteiger partial charge >= 0.3 is 0 Å². The van der Waals surface area contributed by atoms with Gasteiger partial charge in [-0.05, 0) is 47.0 Å². The Bertz CT molecular complexity index is 1310. The van der Waals surface area contributed by atoms with Crippen molar-refractivity contribution < 1.29 is 0 Å². The molecule has 1 nitrogen and oxygen atoms in total. The van der Waals surface area contributed by atoms with Gasteiger partial charge < -0.3 is 4.90 Å². The Hall–Kier alpha value is -4.04. The first-order valence-corrected chi connectivity index (χ1v) is 11.5. The lowest BCUT2D eigenvalue weighted by Crippen LogP contribution is -2.14. The van der Waals surface area contributed by atoms with E-state index >= 15 is 0 Å². The van der Waals surface area contributed by atoms with Crippen LogP contribution >= 0.6 is 0 Å². The molecule has 0 N–H and O–H groups in total. The molecule has 0 atom stereocenters. The summed E-state index contributed by atoms with van der Waals surface area (Å²) in [6.45, 7) is 2.19. The number of para-hydroxylation sites is 1. The second-order valence-electron chi connectivity index (χ2n) is 8.15. The first kappa shape index (κ1) is 20.8. The van der Waals surface area contributed by atoms with E-state index in [1.807, 2.05) is 0 Å². The van der Waals surface area contributed by atoms with Crippen LogP contribution in [0.25, 0.3) is 22.3 Å². The highest BCUT2D eigenvalue weighted by atomic mass is 15.1. The molecule has 0 amide bonds. The molecular weight excluding hydrogens is 397 g/mol. The fraction of sp³-hybridized carbons (Fsp3) is 0.0323. The third-order valence-electron chi connectivity index (χ3n) is 6.07. The molecule has 0 bridgehead atoms. The van der Waals surface area contributed by atoms with Gasteiger partial charge in [0, 0.05) is 16.9 Å². The molecule has 0 aliphatic carbocycles. The second kappa shape index (κ2) is 9.62. The van der Waals surface area contributed by atoms with E-state index in [2.05, 4.69) is 145 Å². The minimum absolute atomic E-state index is 1.03. The van der Waals surface area contributed by atoms with E-state index in [4.69, 9.17) is 0 Å². The summed E-state index contributed by atoms with van der Waals surface area (Å²) < 4.78 is 0. The third-order valence-corrected chi connectivity index (χ3v) is 6.07. The van der Waals surface area contributed by atoms with Crippen LogP contribution in [0.4, 0.5) is 17.1 Å². The fourth-order valence-electron chi connectivity index (χ4n) is 4.27. The molecule has 158 valence electrons. The summed E-state index contributed by atoms with van der Waals surface area (Å²) in [4.78, 5) is 2.36. The summed E-state index contributed by atoms with van der Waals surface area (Å²) in [5.74, 6) is 0. The Morgan fingerprint density at radius 1 is 0.455 bits per heavy atom. The van der Waals surface area contributed by atoms with Crippen molar-refractivity contribution in [2.75, 3.05) is 4.90 Å². The molecule has 0 aromatic heterocycles. The molecule has 0 aliphatic heterocycles. The van der Waals surface area contributed by atoms with Gasteiger partial charge in [0.2, 0.25) is 0 Å². The van der Waals surface area contributed by atoms with Gasteiger partial charge in [-0.15, -0.1) is 0 Å². The van der Waals surface area contributed by atoms with E-state index in [0.717, 1.165) is 18.7 Å². The molecule has 0 saturated heterocycles. The van der Waals surface area contributed by atoms with Gasteiger partial charge in [0.05, 0.1) is 5.69 Å². The lowest BCUT2D eigenvalue weighted by Gasteiger charge is -2.28. The fourth-order valence-corrected chi connectivity index (χ4v) is 4.27. The highest BCUT2D eigenvalue weighted by Gasteiger charge is 2.17. The van der Waals surface area contributed by atoms with E-state index in [-0.39, 0.29) is 0 Å². The van der Waals surface area contributed by atoms with Crippen LogP contribution in [0, 0.1) is 0 Å². The molecule has 0 radical (unpaired) electrons. The van der Waals surface area contributed by atoms with Crippen LogP contribution in [0.15, 0.2) is 133 Å². The molecule has 5 aromatic rings. The van der Waals surface area contributed by atoms with Crippen molar-refractivity contribution in [1.82, 2.24) is 0 Å². The minimum atomic E-state index is 1.03. The van der Waals surface area contributed by atoms with Gasteiger partial charge in [-0.25, -0.2) is 0 Å². The molecule has 0 spiro atoms. The number of hydrogen-bond donors (Lipinski definition) is 0. The van der Waals surface area contributed by atoms with Crippen LogP contribution in [0.5, 0.6) is 0 Å². The van der Waals surface area contributed by atoms with Crippen LogP contribution in [-0.2, 0) is 0 Å². The summed E-state index contributed by atoms with van der Waals surface area (Å²) in [5.41, 5.74) is 9.68. The van der Waals surface area contributed by atoms with E-state index in [1.54, 1.807) is 0 Å². The van der Waals surface area contributed by atoms with E-state index < -0.39 is 0 Å². The maximum Gasteiger partial charge on any atom is 0.154 e. The second-order valence-corrected chi connectivity index (χ2v) is 8.15. The van der Waals surface area contributed by atoms with Crippen molar-refractivity contribution in [1.29, 1.82) is 0 Å². The van der Waals surface area contributed by atoms with Gasteiger partial charge in [0.15, 0.2) is 7.28 Å². The topological polar surface area (TPSA) is 3.24 Å². The minimum Gasteiger partial charge on any atom is -0.310 e. The third kappa shape index (κ3) is 4.47. The first-order chi connectivity index (χ1) is 16.3. The zero-order chi connectivity index (χ0) is 22.5. The number of anilines is 3. The average Bonchev–Trinajstić information content (AvgIpc) is 2.91. The van der Waals surface area contributed by atoms with Gasteiger partial charge in [-0.3, -0.25) is 0 Å². The first-order valence-electron chi connectivity index (χ1n) is 11.5. The number of benzene rings is 5. The SMILES string of the molecule is CBc1ccc(N(c2ccc(-c3ccccc3)cc2)c2ccccc2-c2ccccc2)cc1. The van der Waals surface area contributed by atoms with E-state index in [1.165, 1.54) is 33.4 Å². The number of nitrogens with zero attached hydrogens (tertiary/aromatic N) is 1. The predicted octanol–water partition coefficient (Wildman–Crippen LogP) is 7.60. The van der Waals surface area contributed by atoms with E-state index in [9.17, 15) is 0 Å². The molecule has 5 aromatic carbocycles. The molecule has 5 rings (SSSR count). The zero-order valence-corrected chi connectivity index (χ0v) is 18.9. The van der Waals surface area contributed by atoms with Crippen molar-refractivity contribution >= 4 is 29.8 Å². The summed E-state index contributed by atoms with van der Waals surface area (Å²) >= 11 is 0. The number of rotatable bonds is 6. The predicted molar refractivity (Wildman–Crippen MR) is 145 cm³/mol. The Morgan fingerprint density at radius 3 is 1.55 bits per heavy atom. The Balaban J connectivity index is 1.64. The Labute approximate surface area is 197 Å². The molecule has 2 heteroatoms. The molecule has 0 heterocycles. The van der Waals surface area contributed by atoms with Gasteiger partial charge in [-0.2, -0.15) is 0 Å². The Kier molecular flexibility index (Phi) is 6.08. The van der Waals surface area contributed by atoms with E-state index in [0.29, 0.717) is 0 Å². The lowest BCUT2D eigenvalue weighted by atomic mass is 9.73. The highest BCUT2D eigenvalue weighted by molar-refractivity contribution is 6.51. The summed E-state index contributed by atoms with van der Waals surface area (Å²) in [5, 5.41) is 0. The molecule has 0 fully saturated rings. The van der Waals surface area contributed by atoms with Gasteiger partial charge in [-0.1, -0.05) is 115 Å². The molecule has 0 saturated carbocycles. The average molecular weight is 423 g/mol. The molecular formula is C31H26BN. The maximum absolute atomic E-state index is 2.36. The van der Waals surface area contributed by atoms with Crippen molar-refractivity contribution in [3.05, 3.63) is 133 Å². The molecule has 0 unspecified atom stereocenters. The standard InChI is InChI=1S/C31H26BN/c1-32-27-18-22-29(23-19-27)33(28-20-16-25(17-21-28)24-10-4-2-5-11-24)31-15-9-8-14-30(31)26-12-6-3-7-13-26/h2-23,32H,1H3. The van der Waals surface area contributed by atoms with Crippen LogP contribution < -0.4 is 10.4 Å². The lowest BCUT2D eigenvalue weighted by molar-refractivity contribution is 1.28. The number of hydrogen-bond acceptors (Lipinski definition) is 1. The summed E-state index contributed by atoms with van der Waals surface area (Å²) in [6.07, 6.45) is 0. The van der Waals surface area contributed by atoms with Crippen LogP contribution in [-0.4, -0.2) is 7.28 Å². The molecule has 0 aliphatic rings. The van der Waals surface area contributed by atoms with Crippen molar-refractivity contribution in [3.8, 4) is 22.3 Å². The van der Waals surface area contributed by atoms with Crippen LogP contribution in [0.1, 0.15) is 0 Å². The zero-order valence-electron chi connectivity index (χ0n) is 18.9. The van der Waals surface area contributed by atoms with Gasteiger partial charge in [0.25, 0.3) is 0 Å². The Morgan fingerprint density at radius 2 is 0.939 bits per heavy atom. The summed E-state index contributed by atoms with van der Waals surface area (Å²) in [7, 11) is 1.03. The highest BCUT2D eigenvalue weighted by Crippen LogP contribution is 2.40. The van der Waals surface area contributed by atoms with Crippen molar-refractivity contribution in [3.63, 3.8) is 0 Å². The normalized spacial score (nSPS) is 10.6. The van der Waals surface area contributed by atoms with Crippen LogP contribution in [0.2, 0.25) is 6.82 Å². The molecule has 33 heavy (non-hydrogen) atoms. The smallest absolute Gasteiger partial charge is 0.154 e. The quantitative estimate of drug-likeness (QED) is 0.254. The monoisotopic (exact) mass is 423 g/mol. The van der Waals surface area contributed by atoms with Gasteiger partial charge in [0.1, 0.15) is 0 Å².